The van der Waals surface area contributed by atoms with Crippen molar-refractivity contribution in [3.8, 4) is 0 Å². The molecule has 4 bridgehead atoms. The zero-order chi connectivity index (χ0) is 13.9. The Hall–Kier alpha value is -1.20. The lowest BCUT2D eigenvalue weighted by atomic mass is 9.59. The van der Waals surface area contributed by atoms with Crippen molar-refractivity contribution < 1.29 is 19.1 Å². The van der Waals surface area contributed by atoms with Crippen LogP contribution in [0.2, 0.25) is 5.82 Å². The summed E-state index contributed by atoms with van der Waals surface area (Å²) in [7, 11) is 6.10. The van der Waals surface area contributed by atoms with Crippen LogP contribution in [0.4, 0.5) is 4.79 Å². The van der Waals surface area contributed by atoms with Crippen LogP contribution in [0.1, 0.15) is 27.2 Å². The average Bonchev–Trinajstić information content (AvgIpc) is 2.57. The number of piperidine rings is 2. The van der Waals surface area contributed by atoms with Crippen LogP contribution in [0.15, 0.2) is 0 Å². The smallest absolute Gasteiger partial charge is 0.410 e. The molecule has 3 heterocycles. The summed E-state index contributed by atoms with van der Waals surface area (Å²) in [5.74, 6) is -0.484. The van der Waals surface area contributed by atoms with Gasteiger partial charge in [0.1, 0.15) is 11.7 Å². The summed E-state index contributed by atoms with van der Waals surface area (Å²) in [4.78, 5) is 25.7. The van der Waals surface area contributed by atoms with E-state index in [1.165, 1.54) is 0 Å². The topological polar surface area (TPSA) is 55.8 Å². The third-order valence-electron chi connectivity index (χ3n) is 4.20. The number of esters is 1. The minimum atomic E-state index is -0.542. The molecule has 19 heavy (non-hydrogen) atoms. The summed E-state index contributed by atoms with van der Waals surface area (Å²) in [6.07, 6.45) is -0.0135. The van der Waals surface area contributed by atoms with Gasteiger partial charge in [-0.25, -0.2) is 4.79 Å². The number of fused-ring (bicyclic) bond motifs is 1. The molecule has 0 N–H and O–H groups in total. The molecule has 4 rings (SSSR count). The molecule has 0 spiro atoms. The molecule has 4 fully saturated rings. The van der Waals surface area contributed by atoms with E-state index in [0.717, 1.165) is 6.42 Å². The molecule has 3 saturated heterocycles. The van der Waals surface area contributed by atoms with Crippen LogP contribution in [0.5, 0.6) is 0 Å². The van der Waals surface area contributed by atoms with Gasteiger partial charge in [0.15, 0.2) is 0 Å². The summed E-state index contributed by atoms with van der Waals surface area (Å²) in [5, 5.41) is 0. The average molecular weight is 263 g/mol. The molecule has 1 saturated carbocycles. The summed E-state index contributed by atoms with van der Waals surface area (Å²) in [6, 6.07) is -0.248. The highest BCUT2D eigenvalue weighted by atomic mass is 16.6. The molecule has 0 aromatic heterocycles. The summed E-state index contributed by atoms with van der Waals surface area (Å²) >= 11 is 0. The van der Waals surface area contributed by atoms with Crippen LogP contribution < -0.4 is 0 Å². The van der Waals surface area contributed by atoms with Crippen molar-refractivity contribution in [3.63, 3.8) is 0 Å². The fourth-order valence-corrected chi connectivity index (χ4v) is 3.44. The van der Waals surface area contributed by atoms with Crippen molar-refractivity contribution in [2.24, 2.45) is 11.8 Å². The minimum Gasteiger partial charge on any atom is -0.460 e. The molecule has 0 aromatic rings. The Morgan fingerprint density at radius 3 is 2.79 bits per heavy atom. The first kappa shape index (κ1) is 12.8. The van der Waals surface area contributed by atoms with Gasteiger partial charge in [0.05, 0.1) is 19.8 Å². The van der Waals surface area contributed by atoms with E-state index in [1.807, 2.05) is 20.8 Å². The van der Waals surface area contributed by atoms with Crippen molar-refractivity contribution in [1.29, 1.82) is 0 Å². The monoisotopic (exact) mass is 263 g/mol. The fraction of sp³-hybridized carbons (Fsp3) is 0.846. The van der Waals surface area contributed by atoms with Gasteiger partial charge in [-0.1, -0.05) is 0 Å². The molecular formula is C13H18BNO4. The number of hydrogen-bond acceptors (Lipinski definition) is 4. The van der Waals surface area contributed by atoms with E-state index in [4.69, 9.17) is 17.3 Å². The van der Waals surface area contributed by atoms with Gasteiger partial charge in [-0.15, -0.1) is 0 Å². The van der Waals surface area contributed by atoms with Gasteiger partial charge < -0.3 is 14.4 Å². The molecule has 0 aromatic carbocycles. The van der Waals surface area contributed by atoms with Gasteiger partial charge in [0.2, 0.25) is 0 Å². The summed E-state index contributed by atoms with van der Waals surface area (Å²) < 4.78 is 10.7. The standard InChI is InChI=1S/C13H18BNO4/c1-13(2,3)19-12(17)15-5-6-4-7-9(15)10(8(6)14)18-11(7)16/h6-10H,4-5H2,1-3H3. The number of carbonyl (C=O) groups excluding carboxylic acids is 2. The molecule has 5 atom stereocenters. The quantitative estimate of drug-likeness (QED) is 0.485. The fourth-order valence-electron chi connectivity index (χ4n) is 3.44. The molecule has 5 nitrogen and oxygen atoms in total. The van der Waals surface area contributed by atoms with E-state index in [9.17, 15) is 9.59 Å². The molecular weight excluding hydrogens is 245 g/mol. The van der Waals surface area contributed by atoms with Gasteiger partial charge in [0, 0.05) is 6.54 Å². The first-order valence-electron chi connectivity index (χ1n) is 6.73. The third kappa shape index (κ3) is 1.92. The Labute approximate surface area is 114 Å². The second-order valence-electron chi connectivity index (χ2n) is 6.70. The van der Waals surface area contributed by atoms with Crippen LogP contribution in [0.25, 0.3) is 0 Å². The molecule has 1 amide bonds. The van der Waals surface area contributed by atoms with Gasteiger partial charge in [-0.05, 0) is 38.9 Å². The molecule has 6 heteroatoms. The summed E-state index contributed by atoms with van der Waals surface area (Å²) in [6.45, 7) is 6.05. The number of carbonyl (C=O) groups is 2. The number of nitrogens with zero attached hydrogens (tertiary/aromatic N) is 1. The van der Waals surface area contributed by atoms with Crippen molar-refractivity contribution in [3.05, 3.63) is 0 Å². The first-order valence-corrected chi connectivity index (χ1v) is 6.73. The maximum atomic E-state index is 12.2. The highest BCUT2D eigenvalue weighted by Gasteiger charge is 2.61. The predicted octanol–water partition coefficient (Wildman–Crippen LogP) is 1.12. The van der Waals surface area contributed by atoms with E-state index >= 15 is 0 Å². The molecule has 2 radical (unpaired) electrons. The van der Waals surface area contributed by atoms with E-state index in [-0.39, 0.29) is 41.9 Å². The van der Waals surface area contributed by atoms with E-state index < -0.39 is 5.60 Å². The molecule has 5 unspecified atom stereocenters. The van der Waals surface area contributed by atoms with Gasteiger partial charge in [-0.3, -0.25) is 4.79 Å². The van der Waals surface area contributed by atoms with Crippen LogP contribution in [0.3, 0.4) is 0 Å². The number of ether oxygens (including phenoxy) is 2. The van der Waals surface area contributed by atoms with Crippen molar-refractivity contribution >= 4 is 19.9 Å². The van der Waals surface area contributed by atoms with Crippen LogP contribution in [-0.4, -0.2) is 49.1 Å². The first-order chi connectivity index (χ1) is 8.78. The molecule has 3 aliphatic heterocycles. The Morgan fingerprint density at radius 1 is 1.47 bits per heavy atom. The minimum absolute atomic E-state index is 0.124. The molecule has 1 aliphatic carbocycles. The van der Waals surface area contributed by atoms with Gasteiger partial charge in [0.25, 0.3) is 0 Å². The lowest BCUT2D eigenvalue weighted by Gasteiger charge is -2.50. The Kier molecular flexibility index (Phi) is 2.63. The molecule has 4 aliphatic rings. The third-order valence-corrected chi connectivity index (χ3v) is 4.20. The maximum absolute atomic E-state index is 12.2. The highest BCUT2D eigenvalue weighted by Crippen LogP contribution is 2.50. The van der Waals surface area contributed by atoms with Crippen molar-refractivity contribution in [2.75, 3.05) is 6.54 Å². The van der Waals surface area contributed by atoms with E-state index in [0.29, 0.717) is 6.54 Å². The SMILES string of the molecule is [B]C1C2CC3C(=O)OC1C3N(C(=O)OC(C)(C)C)C2. The second kappa shape index (κ2) is 3.90. The second-order valence-corrected chi connectivity index (χ2v) is 6.70. The van der Waals surface area contributed by atoms with Crippen LogP contribution >= 0.6 is 0 Å². The van der Waals surface area contributed by atoms with E-state index in [1.54, 1.807) is 4.90 Å². The van der Waals surface area contributed by atoms with Gasteiger partial charge in [-0.2, -0.15) is 0 Å². The Balaban J connectivity index is 1.83. The Morgan fingerprint density at radius 2 is 2.16 bits per heavy atom. The number of rotatable bonds is 0. The number of hydrogen-bond donors (Lipinski definition) is 0. The van der Waals surface area contributed by atoms with Crippen molar-refractivity contribution in [2.45, 2.75) is 50.8 Å². The normalized spacial score (nSPS) is 40.3. The maximum Gasteiger partial charge on any atom is 0.410 e. The van der Waals surface area contributed by atoms with E-state index in [2.05, 4.69) is 0 Å². The zero-order valence-electron chi connectivity index (χ0n) is 11.5. The summed E-state index contributed by atoms with van der Waals surface area (Å²) in [5.41, 5.74) is -0.542. The Bertz CT molecular complexity index is 433. The van der Waals surface area contributed by atoms with Crippen LogP contribution in [0, 0.1) is 11.8 Å². The number of amides is 1. The zero-order valence-corrected chi connectivity index (χ0v) is 11.5. The van der Waals surface area contributed by atoms with Crippen LogP contribution in [-0.2, 0) is 14.3 Å². The highest BCUT2D eigenvalue weighted by molar-refractivity contribution is 6.13. The lowest BCUT2D eigenvalue weighted by Crippen LogP contribution is -2.61. The molecule has 102 valence electrons. The lowest BCUT2D eigenvalue weighted by molar-refractivity contribution is -0.143. The van der Waals surface area contributed by atoms with Gasteiger partial charge >= 0.3 is 12.1 Å². The predicted molar refractivity (Wildman–Crippen MR) is 67.7 cm³/mol. The largest absolute Gasteiger partial charge is 0.460 e. The van der Waals surface area contributed by atoms with Crippen molar-refractivity contribution in [1.82, 2.24) is 4.90 Å².